The van der Waals surface area contributed by atoms with Crippen LogP contribution in [0.2, 0.25) is 0 Å². The molecule has 0 saturated carbocycles. The molecule has 0 aliphatic heterocycles. The molecule has 0 amide bonds. The molecule has 31 heavy (non-hydrogen) atoms. The zero-order valence-electron chi connectivity index (χ0n) is 17.2. The number of aryl methyl sites for hydroxylation is 1. The number of nitrogens with one attached hydrogen (secondary N) is 2. The van der Waals surface area contributed by atoms with Crippen LogP contribution in [0.5, 0.6) is 0 Å². The zero-order valence-corrected chi connectivity index (χ0v) is 18.0. The molecule has 0 spiro atoms. The van der Waals surface area contributed by atoms with Gasteiger partial charge < -0.3 is 10.6 Å². The van der Waals surface area contributed by atoms with Crippen LogP contribution in [0.3, 0.4) is 0 Å². The quantitative estimate of drug-likeness (QED) is 0.299. The molecule has 5 aromatic rings. The predicted octanol–water partition coefficient (Wildman–Crippen LogP) is 7.41. The molecule has 5 rings (SSSR count). The second-order valence-corrected chi connectivity index (χ2v) is 8.15. The summed E-state index contributed by atoms with van der Waals surface area (Å²) in [5, 5.41) is 10.1. The Balaban J connectivity index is 1.43. The third-order valence-corrected chi connectivity index (χ3v) is 6.14. The molecule has 5 heteroatoms. The standard InChI is InChI=1S/C26H22N4S/c1-2-18-8-10-19(11-9-18)23-16-31-26-24(23)25(27-17-28-26)30-22-14-12-21(13-15-22)29-20-6-4-3-5-7-20/h3-17,29H,2H2,1H3,(H,27,28,30). The van der Waals surface area contributed by atoms with Crippen LogP contribution < -0.4 is 10.6 Å². The minimum Gasteiger partial charge on any atom is -0.356 e. The van der Waals surface area contributed by atoms with Crippen molar-refractivity contribution < 1.29 is 0 Å². The Morgan fingerprint density at radius 3 is 2.13 bits per heavy atom. The molecule has 0 atom stereocenters. The van der Waals surface area contributed by atoms with Gasteiger partial charge in [0, 0.05) is 28.0 Å². The molecular formula is C26H22N4S. The van der Waals surface area contributed by atoms with Crippen LogP contribution in [0.1, 0.15) is 12.5 Å². The van der Waals surface area contributed by atoms with Gasteiger partial charge in [0.1, 0.15) is 17.0 Å². The van der Waals surface area contributed by atoms with E-state index in [1.807, 2.05) is 18.2 Å². The lowest BCUT2D eigenvalue weighted by molar-refractivity contribution is 1.14. The first-order valence-electron chi connectivity index (χ1n) is 10.3. The minimum atomic E-state index is 0.824. The maximum atomic E-state index is 4.55. The SMILES string of the molecule is CCc1ccc(-c2csc3ncnc(Nc4ccc(Nc5ccccc5)cc4)c23)cc1. The molecule has 0 unspecified atom stereocenters. The van der Waals surface area contributed by atoms with Gasteiger partial charge in [0.05, 0.1) is 5.39 Å². The number of fused-ring (bicyclic) bond motifs is 1. The molecule has 152 valence electrons. The van der Waals surface area contributed by atoms with Gasteiger partial charge in [0.25, 0.3) is 0 Å². The minimum absolute atomic E-state index is 0.824. The summed E-state index contributed by atoms with van der Waals surface area (Å²) in [6, 6.07) is 27.1. The van der Waals surface area contributed by atoms with Gasteiger partial charge in [0.2, 0.25) is 0 Å². The van der Waals surface area contributed by atoms with E-state index in [0.29, 0.717) is 0 Å². The molecule has 3 aromatic carbocycles. The molecule has 0 aliphatic rings. The summed E-state index contributed by atoms with van der Waals surface area (Å²) in [6.07, 6.45) is 2.66. The van der Waals surface area contributed by atoms with Gasteiger partial charge in [-0.25, -0.2) is 9.97 Å². The smallest absolute Gasteiger partial charge is 0.143 e. The van der Waals surface area contributed by atoms with Crippen molar-refractivity contribution in [1.82, 2.24) is 9.97 Å². The van der Waals surface area contributed by atoms with Crippen molar-refractivity contribution >= 4 is 44.4 Å². The fourth-order valence-corrected chi connectivity index (χ4v) is 4.48. The van der Waals surface area contributed by atoms with Gasteiger partial charge in [-0.1, -0.05) is 49.4 Å². The van der Waals surface area contributed by atoms with E-state index >= 15 is 0 Å². The summed E-state index contributed by atoms with van der Waals surface area (Å²) < 4.78 is 0. The van der Waals surface area contributed by atoms with Crippen molar-refractivity contribution in [1.29, 1.82) is 0 Å². The number of benzene rings is 3. The molecule has 0 radical (unpaired) electrons. The van der Waals surface area contributed by atoms with Crippen LogP contribution >= 0.6 is 11.3 Å². The lowest BCUT2D eigenvalue weighted by Crippen LogP contribution is -1.96. The number of thiophene rings is 1. The summed E-state index contributed by atoms with van der Waals surface area (Å²) in [5.74, 6) is 0.824. The zero-order chi connectivity index (χ0) is 21.0. The monoisotopic (exact) mass is 422 g/mol. The molecule has 2 N–H and O–H groups in total. The van der Waals surface area contributed by atoms with E-state index in [2.05, 4.69) is 93.6 Å². The highest BCUT2D eigenvalue weighted by molar-refractivity contribution is 7.17. The number of nitrogens with zero attached hydrogens (tertiary/aromatic N) is 2. The lowest BCUT2D eigenvalue weighted by Gasteiger charge is -2.10. The van der Waals surface area contributed by atoms with Gasteiger partial charge >= 0.3 is 0 Å². The van der Waals surface area contributed by atoms with Crippen LogP contribution in [0, 0.1) is 0 Å². The summed E-state index contributed by atoms with van der Waals surface area (Å²) in [6.45, 7) is 2.17. The number of anilines is 4. The van der Waals surface area contributed by atoms with Crippen LogP contribution in [-0.4, -0.2) is 9.97 Å². The summed E-state index contributed by atoms with van der Waals surface area (Å²) in [5.41, 5.74) is 6.77. The number of aromatic nitrogens is 2. The van der Waals surface area contributed by atoms with E-state index in [1.165, 1.54) is 11.1 Å². The van der Waals surface area contributed by atoms with Gasteiger partial charge in [-0.05, 0) is 53.9 Å². The third-order valence-electron chi connectivity index (χ3n) is 5.25. The van der Waals surface area contributed by atoms with E-state index in [-0.39, 0.29) is 0 Å². The Kier molecular flexibility index (Phi) is 5.33. The third kappa shape index (κ3) is 4.13. The van der Waals surface area contributed by atoms with Crippen LogP contribution in [0.25, 0.3) is 21.3 Å². The molecular weight excluding hydrogens is 400 g/mol. The summed E-state index contributed by atoms with van der Waals surface area (Å²) >= 11 is 1.65. The van der Waals surface area contributed by atoms with E-state index in [4.69, 9.17) is 0 Å². The van der Waals surface area contributed by atoms with Gasteiger partial charge in [-0.2, -0.15) is 0 Å². The van der Waals surface area contributed by atoms with Crippen LogP contribution in [0.15, 0.2) is 90.6 Å². The lowest BCUT2D eigenvalue weighted by atomic mass is 10.0. The van der Waals surface area contributed by atoms with Gasteiger partial charge in [0.15, 0.2) is 0 Å². The van der Waals surface area contributed by atoms with E-state index in [0.717, 1.165) is 45.1 Å². The van der Waals surface area contributed by atoms with Gasteiger partial charge in [-0.15, -0.1) is 11.3 Å². The highest BCUT2D eigenvalue weighted by Gasteiger charge is 2.13. The van der Waals surface area contributed by atoms with Crippen molar-refractivity contribution in [3.63, 3.8) is 0 Å². The Bertz CT molecular complexity index is 1290. The first-order valence-corrected chi connectivity index (χ1v) is 11.2. The number of para-hydroxylation sites is 1. The average molecular weight is 423 g/mol. The Hall–Kier alpha value is -3.70. The van der Waals surface area contributed by atoms with Crippen molar-refractivity contribution in [3.05, 3.63) is 96.1 Å². The number of hydrogen-bond donors (Lipinski definition) is 2. The second-order valence-electron chi connectivity index (χ2n) is 7.30. The molecule has 0 aliphatic carbocycles. The van der Waals surface area contributed by atoms with Crippen molar-refractivity contribution in [3.8, 4) is 11.1 Å². The van der Waals surface area contributed by atoms with Crippen molar-refractivity contribution in [2.24, 2.45) is 0 Å². The van der Waals surface area contributed by atoms with Crippen molar-refractivity contribution in [2.75, 3.05) is 10.6 Å². The number of rotatable bonds is 6. The first-order chi connectivity index (χ1) is 15.3. The second kappa shape index (κ2) is 8.58. The Labute approximate surface area is 185 Å². The highest BCUT2D eigenvalue weighted by Crippen LogP contribution is 2.37. The fraction of sp³-hybridized carbons (Fsp3) is 0.0769. The summed E-state index contributed by atoms with van der Waals surface area (Å²) in [4.78, 5) is 10.0. The highest BCUT2D eigenvalue weighted by atomic mass is 32.1. The largest absolute Gasteiger partial charge is 0.356 e. The van der Waals surface area contributed by atoms with Crippen molar-refractivity contribution in [2.45, 2.75) is 13.3 Å². The molecule has 0 bridgehead atoms. The molecule has 2 aromatic heterocycles. The first kappa shape index (κ1) is 19.3. The fourth-order valence-electron chi connectivity index (χ4n) is 3.56. The molecule has 4 nitrogen and oxygen atoms in total. The van der Waals surface area contributed by atoms with E-state index < -0.39 is 0 Å². The molecule has 0 saturated heterocycles. The van der Waals surface area contributed by atoms with Crippen LogP contribution in [-0.2, 0) is 6.42 Å². The Morgan fingerprint density at radius 1 is 0.742 bits per heavy atom. The van der Waals surface area contributed by atoms with E-state index in [9.17, 15) is 0 Å². The van der Waals surface area contributed by atoms with Crippen LogP contribution in [0.4, 0.5) is 22.9 Å². The topological polar surface area (TPSA) is 49.8 Å². The normalized spacial score (nSPS) is 10.9. The molecule has 2 heterocycles. The average Bonchev–Trinajstić information content (AvgIpc) is 3.26. The summed E-state index contributed by atoms with van der Waals surface area (Å²) in [7, 11) is 0. The Morgan fingerprint density at radius 2 is 1.42 bits per heavy atom. The number of hydrogen-bond acceptors (Lipinski definition) is 5. The van der Waals surface area contributed by atoms with Gasteiger partial charge in [-0.3, -0.25) is 0 Å². The maximum absolute atomic E-state index is 4.55. The predicted molar refractivity (Wildman–Crippen MR) is 132 cm³/mol. The van der Waals surface area contributed by atoms with E-state index in [1.54, 1.807) is 17.7 Å². The maximum Gasteiger partial charge on any atom is 0.143 e. The molecule has 0 fully saturated rings.